The van der Waals surface area contributed by atoms with Crippen molar-refractivity contribution in [1.82, 2.24) is 15.1 Å². The van der Waals surface area contributed by atoms with Gasteiger partial charge in [0.15, 0.2) is 0 Å². The highest BCUT2D eigenvalue weighted by atomic mass is 16.3. The minimum Gasteiger partial charge on any atom is -0.469 e. The molecule has 1 N–H and O–H groups in total. The van der Waals surface area contributed by atoms with Gasteiger partial charge in [0, 0.05) is 24.7 Å². The Bertz CT molecular complexity index is 558. The number of rotatable bonds is 6. The summed E-state index contributed by atoms with van der Waals surface area (Å²) in [6, 6.07) is 3.92. The van der Waals surface area contributed by atoms with E-state index in [1.54, 1.807) is 12.5 Å². The third-order valence-corrected chi connectivity index (χ3v) is 3.43. The minimum atomic E-state index is -0.0610. The normalized spacial score (nSPS) is 12.3. The smallest absolute Gasteiger partial charge is 0.254 e. The highest BCUT2D eigenvalue weighted by molar-refractivity contribution is 5.95. The summed E-state index contributed by atoms with van der Waals surface area (Å²) in [5, 5.41) is 7.19. The number of nitrogens with one attached hydrogen (secondary N) is 1. The first-order chi connectivity index (χ1) is 9.61. The third-order valence-electron chi connectivity index (χ3n) is 3.43. The Balaban J connectivity index is 1.88. The van der Waals surface area contributed by atoms with E-state index in [0.717, 1.165) is 30.8 Å². The van der Waals surface area contributed by atoms with Crippen molar-refractivity contribution >= 4 is 5.91 Å². The van der Waals surface area contributed by atoms with Crippen molar-refractivity contribution < 1.29 is 9.21 Å². The lowest BCUT2D eigenvalue weighted by Gasteiger charge is -2.13. The fraction of sp³-hybridized carbons (Fsp3) is 0.467. The van der Waals surface area contributed by atoms with Gasteiger partial charge in [-0.05, 0) is 39.3 Å². The summed E-state index contributed by atoms with van der Waals surface area (Å²) >= 11 is 0. The maximum absolute atomic E-state index is 12.2. The first kappa shape index (κ1) is 14.4. The molecule has 108 valence electrons. The minimum absolute atomic E-state index is 0.0610. The number of hydrogen-bond acceptors (Lipinski definition) is 3. The molecule has 1 amide bonds. The molecular weight excluding hydrogens is 254 g/mol. The number of amides is 1. The van der Waals surface area contributed by atoms with Crippen LogP contribution in [0.3, 0.4) is 0 Å². The predicted octanol–water partition coefficient (Wildman–Crippen LogP) is 2.56. The van der Waals surface area contributed by atoms with Crippen LogP contribution in [0.5, 0.6) is 0 Å². The van der Waals surface area contributed by atoms with Crippen LogP contribution in [-0.4, -0.2) is 21.7 Å². The zero-order valence-corrected chi connectivity index (χ0v) is 12.2. The second-order valence-corrected chi connectivity index (χ2v) is 4.95. The standard InChI is InChI=1S/C15H21N3O2/c1-4-18-12(3)14(10-16-18)15(19)17-11(2)7-8-13-6-5-9-20-13/h5-6,9-11H,4,7-8H2,1-3H3,(H,17,19). The average molecular weight is 275 g/mol. The fourth-order valence-electron chi connectivity index (χ4n) is 2.18. The summed E-state index contributed by atoms with van der Waals surface area (Å²) < 4.78 is 7.11. The molecule has 2 rings (SSSR count). The van der Waals surface area contributed by atoms with Gasteiger partial charge in [0.25, 0.3) is 5.91 Å². The van der Waals surface area contributed by atoms with E-state index < -0.39 is 0 Å². The summed E-state index contributed by atoms with van der Waals surface area (Å²) in [6.07, 6.45) is 4.97. The Morgan fingerprint density at radius 3 is 2.95 bits per heavy atom. The van der Waals surface area contributed by atoms with Gasteiger partial charge in [0.05, 0.1) is 18.0 Å². The van der Waals surface area contributed by atoms with Crippen LogP contribution in [0.1, 0.15) is 42.1 Å². The van der Waals surface area contributed by atoms with Crippen molar-refractivity contribution in [3.63, 3.8) is 0 Å². The van der Waals surface area contributed by atoms with Crippen LogP contribution >= 0.6 is 0 Å². The van der Waals surface area contributed by atoms with Crippen LogP contribution in [0, 0.1) is 6.92 Å². The van der Waals surface area contributed by atoms with E-state index in [9.17, 15) is 4.79 Å². The molecule has 20 heavy (non-hydrogen) atoms. The first-order valence-corrected chi connectivity index (χ1v) is 6.97. The maximum Gasteiger partial charge on any atom is 0.254 e. The summed E-state index contributed by atoms with van der Waals surface area (Å²) in [6.45, 7) is 6.69. The van der Waals surface area contributed by atoms with Gasteiger partial charge in [0.1, 0.15) is 5.76 Å². The molecule has 5 nitrogen and oxygen atoms in total. The van der Waals surface area contributed by atoms with Gasteiger partial charge in [0.2, 0.25) is 0 Å². The Labute approximate surface area is 119 Å². The second-order valence-electron chi connectivity index (χ2n) is 4.95. The Hall–Kier alpha value is -2.04. The lowest BCUT2D eigenvalue weighted by molar-refractivity contribution is 0.0937. The number of furan rings is 1. The highest BCUT2D eigenvalue weighted by Gasteiger charge is 2.15. The number of aryl methyl sites for hydroxylation is 2. The van der Waals surface area contributed by atoms with Gasteiger partial charge in [-0.3, -0.25) is 9.48 Å². The maximum atomic E-state index is 12.2. The van der Waals surface area contributed by atoms with E-state index in [4.69, 9.17) is 4.42 Å². The van der Waals surface area contributed by atoms with Crippen molar-refractivity contribution in [2.75, 3.05) is 0 Å². The molecule has 0 saturated heterocycles. The third kappa shape index (κ3) is 3.29. The average Bonchev–Trinajstić information content (AvgIpc) is 3.05. The van der Waals surface area contributed by atoms with E-state index in [1.165, 1.54) is 0 Å². The zero-order chi connectivity index (χ0) is 14.5. The zero-order valence-electron chi connectivity index (χ0n) is 12.2. The quantitative estimate of drug-likeness (QED) is 0.881. The molecule has 0 aliphatic carbocycles. The predicted molar refractivity (Wildman–Crippen MR) is 76.6 cm³/mol. The van der Waals surface area contributed by atoms with Crippen molar-refractivity contribution in [3.8, 4) is 0 Å². The van der Waals surface area contributed by atoms with E-state index in [1.807, 2.05) is 37.6 Å². The number of nitrogens with zero attached hydrogens (tertiary/aromatic N) is 2. The molecule has 1 atom stereocenters. The molecule has 1 unspecified atom stereocenters. The Kier molecular flexibility index (Phi) is 4.61. The summed E-state index contributed by atoms with van der Waals surface area (Å²) in [7, 11) is 0. The molecule has 2 heterocycles. The fourth-order valence-corrected chi connectivity index (χ4v) is 2.18. The van der Waals surface area contributed by atoms with Gasteiger partial charge in [-0.2, -0.15) is 5.10 Å². The molecule has 2 aromatic rings. The number of carbonyl (C=O) groups excluding carboxylic acids is 1. The van der Waals surface area contributed by atoms with E-state index in [0.29, 0.717) is 5.56 Å². The van der Waals surface area contributed by atoms with Crippen LogP contribution in [0.15, 0.2) is 29.0 Å². The van der Waals surface area contributed by atoms with Crippen LogP contribution in [0.2, 0.25) is 0 Å². The monoisotopic (exact) mass is 275 g/mol. The molecule has 2 aromatic heterocycles. The molecule has 0 radical (unpaired) electrons. The number of hydrogen-bond donors (Lipinski definition) is 1. The van der Waals surface area contributed by atoms with Crippen LogP contribution in [-0.2, 0) is 13.0 Å². The van der Waals surface area contributed by atoms with Crippen molar-refractivity contribution in [1.29, 1.82) is 0 Å². The summed E-state index contributed by atoms with van der Waals surface area (Å²) in [5.41, 5.74) is 1.56. The van der Waals surface area contributed by atoms with Crippen LogP contribution < -0.4 is 5.32 Å². The van der Waals surface area contributed by atoms with Gasteiger partial charge < -0.3 is 9.73 Å². The molecule has 0 spiro atoms. The lowest BCUT2D eigenvalue weighted by atomic mass is 10.1. The molecule has 0 fully saturated rings. The number of aromatic nitrogens is 2. The van der Waals surface area contributed by atoms with Crippen molar-refractivity contribution in [2.45, 2.75) is 46.2 Å². The summed E-state index contributed by atoms with van der Waals surface area (Å²) in [4.78, 5) is 12.2. The van der Waals surface area contributed by atoms with Gasteiger partial charge in [-0.25, -0.2) is 0 Å². The van der Waals surface area contributed by atoms with Crippen molar-refractivity contribution in [3.05, 3.63) is 41.6 Å². The topological polar surface area (TPSA) is 60.1 Å². The van der Waals surface area contributed by atoms with Gasteiger partial charge in [-0.15, -0.1) is 0 Å². The molecule has 0 saturated carbocycles. The lowest BCUT2D eigenvalue weighted by Crippen LogP contribution is -2.33. The van der Waals surface area contributed by atoms with Gasteiger partial charge >= 0.3 is 0 Å². The SMILES string of the molecule is CCn1ncc(C(=O)NC(C)CCc2ccco2)c1C. The molecular formula is C15H21N3O2. The molecule has 5 heteroatoms. The van der Waals surface area contributed by atoms with Gasteiger partial charge in [-0.1, -0.05) is 0 Å². The number of carbonyl (C=O) groups is 1. The molecule has 0 bridgehead atoms. The summed E-state index contributed by atoms with van der Waals surface area (Å²) in [5.74, 6) is 0.884. The van der Waals surface area contributed by atoms with Crippen LogP contribution in [0.4, 0.5) is 0 Å². The van der Waals surface area contributed by atoms with E-state index in [-0.39, 0.29) is 11.9 Å². The highest BCUT2D eigenvalue weighted by Crippen LogP contribution is 2.09. The first-order valence-electron chi connectivity index (χ1n) is 6.97. The largest absolute Gasteiger partial charge is 0.469 e. The van der Waals surface area contributed by atoms with Crippen molar-refractivity contribution in [2.24, 2.45) is 0 Å². The Morgan fingerprint density at radius 2 is 2.35 bits per heavy atom. The van der Waals surface area contributed by atoms with E-state index >= 15 is 0 Å². The Morgan fingerprint density at radius 1 is 1.55 bits per heavy atom. The van der Waals surface area contributed by atoms with E-state index in [2.05, 4.69) is 10.4 Å². The molecule has 0 aliphatic heterocycles. The van der Waals surface area contributed by atoms with Crippen LogP contribution in [0.25, 0.3) is 0 Å². The second kappa shape index (κ2) is 6.41. The molecule has 0 aliphatic rings. The molecule has 0 aromatic carbocycles.